The summed E-state index contributed by atoms with van der Waals surface area (Å²) in [7, 11) is 0. The summed E-state index contributed by atoms with van der Waals surface area (Å²) in [5.74, 6) is -3.06. The number of benzene rings is 1. The molecule has 0 aliphatic heterocycles. The third-order valence-electron chi connectivity index (χ3n) is 2.08. The molecular formula is C13H13FO4. The summed E-state index contributed by atoms with van der Waals surface area (Å²) in [6.45, 7) is 3.27. The van der Waals surface area contributed by atoms with Crippen LogP contribution in [0.4, 0.5) is 4.39 Å². The quantitative estimate of drug-likeness (QED) is 0.386. The van der Waals surface area contributed by atoms with Gasteiger partial charge in [-0.05, 0) is 37.6 Å². The van der Waals surface area contributed by atoms with Crippen molar-refractivity contribution in [2.75, 3.05) is 6.61 Å². The zero-order valence-electron chi connectivity index (χ0n) is 10.1. The lowest BCUT2D eigenvalue weighted by Gasteiger charge is -2.02. The minimum absolute atomic E-state index is 0.0677. The van der Waals surface area contributed by atoms with Crippen LogP contribution in [0.3, 0.4) is 0 Å². The first-order chi connectivity index (χ1) is 8.43. The maximum atomic E-state index is 13.1. The Labute approximate surface area is 104 Å². The summed E-state index contributed by atoms with van der Waals surface area (Å²) in [4.78, 5) is 22.3. The van der Waals surface area contributed by atoms with E-state index in [1.165, 1.54) is 12.1 Å². The van der Waals surface area contributed by atoms with Crippen molar-refractivity contribution in [3.63, 3.8) is 0 Å². The summed E-state index contributed by atoms with van der Waals surface area (Å²) in [5, 5.41) is 9.62. The van der Waals surface area contributed by atoms with Crippen LogP contribution in [-0.2, 0) is 14.3 Å². The highest BCUT2D eigenvalue weighted by Gasteiger charge is 2.14. The Balaban J connectivity index is 2.95. The van der Waals surface area contributed by atoms with Crippen molar-refractivity contribution in [3.8, 4) is 0 Å². The number of carbonyl (C=O) groups is 2. The van der Waals surface area contributed by atoms with E-state index >= 15 is 0 Å². The highest BCUT2D eigenvalue weighted by Crippen LogP contribution is 2.15. The lowest BCUT2D eigenvalue weighted by molar-refractivity contribution is -0.151. The number of aliphatic hydroxyl groups is 1. The topological polar surface area (TPSA) is 63.6 Å². The third kappa shape index (κ3) is 3.69. The van der Waals surface area contributed by atoms with E-state index in [9.17, 15) is 19.1 Å². The van der Waals surface area contributed by atoms with Gasteiger partial charge < -0.3 is 9.84 Å². The molecule has 0 fully saturated rings. The number of aryl methyl sites for hydroxylation is 1. The number of rotatable bonds is 4. The minimum atomic E-state index is -1.06. The van der Waals surface area contributed by atoms with E-state index in [1.807, 2.05) is 0 Å². The molecule has 1 rings (SSSR count). The highest BCUT2D eigenvalue weighted by molar-refractivity contribution is 6.39. The van der Waals surface area contributed by atoms with Crippen molar-refractivity contribution in [2.45, 2.75) is 13.8 Å². The number of carbonyl (C=O) groups excluding carboxylic acids is 2. The zero-order valence-corrected chi connectivity index (χ0v) is 10.1. The fraction of sp³-hybridized carbons (Fsp3) is 0.231. The zero-order chi connectivity index (χ0) is 13.7. The average molecular weight is 252 g/mol. The van der Waals surface area contributed by atoms with E-state index in [0.29, 0.717) is 11.6 Å². The van der Waals surface area contributed by atoms with E-state index in [0.717, 1.165) is 6.07 Å². The monoisotopic (exact) mass is 252 g/mol. The molecule has 4 nitrogen and oxygen atoms in total. The van der Waals surface area contributed by atoms with Gasteiger partial charge in [-0.3, -0.25) is 4.79 Å². The van der Waals surface area contributed by atoms with Gasteiger partial charge in [-0.1, -0.05) is 0 Å². The molecule has 0 spiro atoms. The van der Waals surface area contributed by atoms with Crippen molar-refractivity contribution >= 4 is 17.5 Å². The Morgan fingerprint density at radius 1 is 1.39 bits per heavy atom. The summed E-state index contributed by atoms with van der Waals surface area (Å²) in [6.07, 6.45) is 0.714. The van der Waals surface area contributed by atoms with Crippen LogP contribution in [0, 0.1) is 12.7 Å². The van der Waals surface area contributed by atoms with Crippen LogP contribution in [-0.4, -0.2) is 23.5 Å². The number of halogens is 1. The number of hydrogen-bond donors (Lipinski definition) is 1. The summed E-state index contributed by atoms with van der Waals surface area (Å²) < 4.78 is 17.6. The van der Waals surface area contributed by atoms with Crippen LogP contribution in [0.15, 0.2) is 24.3 Å². The van der Waals surface area contributed by atoms with Crippen LogP contribution in [0.2, 0.25) is 0 Å². The molecule has 0 amide bonds. The Morgan fingerprint density at radius 3 is 2.61 bits per heavy atom. The number of hydrogen-bond acceptors (Lipinski definition) is 4. The molecular weight excluding hydrogens is 239 g/mol. The molecule has 5 heteroatoms. The van der Waals surface area contributed by atoms with Crippen molar-refractivity contribution in [3.05, 3.63) is 41.2 Å². The number of aliphatic hydroxyl groups excluding tert-OH is 1. The molecule has 18 heavy (non-hydrogen) atoms. The highest BCUT2D eigenvalue weighted by atomic mass is 19.1. The molecule has 0 aromatic heterocycles. The number of ketones is 1. The molecule has 0 aliphatic carbocycles. The van der Waals surface area contributed by atoms with Gasteiger partial charge in [-0.25, -0.2) is 9.18 Å². The number of ether oxygens (including phenoxy) is 1. The molecule has 0 saturated heterocycles. The predicted octanol–water partition coefficient (Wildman–Crippen LogP) is 2.17. The van der Waals surface area contributed by atoms with E-state index < -0.39 is 23.3 Å². The van der Waals surface area contributed by atoms with Gasteiger partial charge in [-0.2, -0.15) is 0 Å². The van der Waals surface area contributed by atoms with E-state index in [1.54, 1.807) is 13.8 Å². The molecule has 0 bridgehead atoms. The Hall–Kier alpha value is -2.17. The molecule has 0 unspecified atom stereocenters. The second kappa shape index (κ2) is 5.95. The second-order valence-electron chi connectivity index (χ2n) is 3.63. The standard InChI is InChI=1S/C13H13FO4/c1-3-18-13(17)12(16)7-11(15)9-4-8(2)5-10(14)6-9/h4-7,15H,3H2,1-2H3. The van der Waals surface area contributed by atoms with Gasteiger partial charge in [0.25, 0.3) is 5.78 Å². The second-order valence-corrected chi connectivity index (χ2v) is 3.63. The third-order valence-corrected chi connectivity index (χ3v) is 2.08. The van der Waals surface area contributed by atoms with Crippen LogP contribution >= 0.6 is 0 Å². The minimum Gasteiger partial charge on any atom is -0.507 e. The van der Waals surface area contributed by atoms with Crippen LogP contribution < -0.4 is 0 Å². The molecule has 0 aliphatic rings. The maximum Gasteiger partial charge on any atom is 0.379 e. The van der Waals surface area contributed by atoms with Gasteiger partial charge in [0.05, 0.1) is 6.61 Å². The van der Waals surface area contributed by atoms with Crippen molar-refractivity contribution in [1.82, 2.24) is 0 Å². The molecule has 1 aromatic carbocycles. The Kier molecular flexibility index (Phi) is 4.59. The lowest BCUT2D eigenvalue weighted by Crippen LogP contribution is -2.15. The van der Waals surface area contributed by atoms with E-state index in [-0.39, 0.29) is 12.2 Å². The molecule has 1 aromatic rings. The van der Waals surface area contributed by atoms with E-state index in [2.05, 4.69) is 4.74 Å². The largest absolute Gasteiger partial charge is 0.507 e. The van der Waals surface area contributed by atoms with Gasteiger partial charge >= 0.3 is 5.97 Å². The SMILES string of the molecule is CCOC(=O)C(=O)C=C(O)c1cc(C)cc(F)c1. The predicted molar refractivity (Wildman–Crippen MR) is 63.4 cm³/mol. The molecule has 96 valence electrons. The molecule has 1 N–H and O–H groups in total. The van der Waals surface area contributed by atoms with Crippen molar-refractivity contribution in [1.29, 1.82) is 0 Å². The first-order valence-corrected chi connectivity index (χ1v) is 5.33. The fourth-order valence-electron chi connectivity index (χ4n) is 1.35. The molecule has 0 radical (unpaired) electrons. The molecule has 0 heterocycles. The number of esters is 1. The van der Waals surface area contributed by atoms with Gasteiger partial charge in [-0.15, -0.1) is 0 Å². The Bertz CT molecular complexity index is 485. The van der Waals surface area contributed by atoms with Crippen LogP contribution in [0.1, 0.15) is 18.1 Å². The van der Waals surface area contributed by atoms with Crippen molar-refractivity contribution < 1.29 is 23.8 Å². The summed E-state index contributed by atoms with van der Waals surface area (Å²) >= 11 is 0. The first kappa shape index (κ1) is 13.9. The summed E-state index contributed by atoms with van der Waals surface area (Å²) in [6, 6.07) is 3.84. The normalized spacial score (nSPS) is 11.2. The summed E-state index contributed by atoms with van der Waals surface area (Å²) in [5.41, 5.74) is 0.721. The lowest BCUT2D eigenvalue weighted by atomic mass is 10.1. The molecule has 0 saturated carbocycles. The maximum absolute atomic E-state index is 13.1. The van der Waals surface area contributed by atoms with Gasteiger partial charge in [0.2, 0.25) is 0 Å². The van der Waals surface area contributed by atoms with Gasteiger partial charge in [0, 0.05) is 11.6 Å². The van der Waals surface area contributed by atoms with Gasteiger partial charge in [0.15, 0.2) is 0 Å². The van der Waals surface area contributed by atoms with Crippen molar-refractivity contribution in [2.24, 2.45) is 0 Å². The molecule has 0 atom stereocenters. The first-order valence-electron chi connectivity index (χ1n) is 5.33. The Morgan fingerprint density at radius 2 is 2.06 bits per heavy atom. The smallest absolute Gasteiger partial charge is 0.379 e. The van der Waals surface area contributed by atoms with Crippen LogP contribution in [0.5, 0.6) is 0 Å². The van der Waals surface area contributed by atoms with Crippen LogP contribution in [0.25, 0.3) is 5.76 Å². The van der Waals surface area contributed by atoms with E-state index in [4.69, 9.17) is 0 Å². The fourth-order valence-corrected chi connectivity index (χ4v) is 1.35. The average Bonchev–Trinajstić information content (AvgIpc) is 2.27. The van der Waals surface area contributed by atoms with Gasteiger partial charge in [0.1, 0.15) is 11.6 Å².